The molecule has 9 heteroatoms. The molecule has 0 aliphatic rings. The third-order valence-electron chi connectivity index (χ3n) is 4.92. The summed E-state index contributed by atoms with van der Waals surface area (Å²) in [4.78, 5) is 16.9. The Bertz CT molecular complexity index is 1140. The maximum atomic E-state index is 14.5. The van der Waals surface area contributed by atoms with Crippen molar-refractivity contribution in [1.29, 1.82) is 0 Å². The first-order chi connectivity index (χ1) is 15.3. The number of nitrogens with zero attached hydrogens (tertiary/aromatic N) is 1. The van der Waals surface area contributed by atoms with Crippen LogP contribution < -0.4 is 16.0 Å². The van der Waals surface area contributed by atoms with Crippen molar-refractivity contribution in [2.24, 2.45) is 0 Å². The van der Waals surface area contributed by atoms with Crippen LogP contribution in [-0.4, -0.2) is 31.0 Å². The van der Waals surface area contributed by atoms with Crippen molar-refractivity contribution in [2.45, 2.75) is 12.3 Å². The number of thiazole rings is 1. The maximum absolute atomic E-state index is 14.5. The van der Waals surface area contributed by atoms with Gasteiger partial charge in [-0.2, -0.15) is 0 Å². The van der Waals surface area contributed by atoms with Crippen molar-refractivity contribution in [3.05, 3.63) is 75.3 Å². The number of amides is 1. The van der Waals surface area contributed by atoms with Gasteiger partial charge >= 0.3 is 0 Å². The van der Waals surface area contributed by atoms with Crippen LogP contribution in [0.5, 0.6) is 0 Å². The Morgan fingerprint density at radius 3 is 2.47 bits per heavy atom. The minimum absolute atomic E-state index is 0.176. The Morgan fingerprint density at radius 1 is 1.22 bits per heavy atom. The molecule has 5 nitrogen and oxygen atoms in total. The van der Waals surface area contributed by atoms with Crippen molar-refractivity contribution in [3.8, 4) is 12.3 Å². The van der Waals surface area contributed by atoms with Crippen LogP contribution in [0.3, 0.4) is 0 Å². The topological polar surface area (TPSA) is 66.1 Å². The number of carbonyl (C=O) groups excluding carboxylic acids is 1. The highest BCUT2D eigenvalue weighted by Gasteiger charge is 2.30. The second-order valence-corrected chi connectivity index (χ2v) is 8.41. The molecule has 0 saturated carbocycles. The van der Waals surface area contributed by atoms with Gasteiger partial charge in [-0.25, -0.2) is 13.8 Å². The van der Waals surface area contributed by atoms with Crippen LogP contribution in [0.4, 0.5) is 19.6 Å². The van der Waals surface area contributed by atoms with Gasteiger partial charge in [-0.15, -0.1) is 17.8 Å². The zero-order chi connectivity index (χ0) is 23.3. The lowest BCUT2D eigenvalue weighted by atomic mass is 9.81. The van der Waals surface area contributed by atoms with Crippen LogP contribution in [0.15, 0.2) is 41.8 Å². The molecule has 3 aromatic rings. The van der Waals surface area contributed by atoms with Crippen LogP contribution in [0.25, 0.3) is 0 Å². The van der Waals surface area contributed by atoms with Gasteiger partial charge in [0.25, 0.3) is 5.91 Å². The molecule has 1 unspecified atom stereocenters. The summed E-state index contributed by atoms with van der Waals surface area (Å²) in [5, 5.41) is 10.7. The van der Waals surface area contributed by atoms with E-state index in [0.29, 0.717) is 23.8 Å². The van der Waals surface area contributed by atoms with E-state index >= 15 is 0 Å². The van der Waals surface area contributed by atoms with E-state index < -0.39 is 28.5 Å². The largest absolute Gasteiger partial charge is 0.384 e. The summed E-state index contributed by atoms with van der Waals surface area (Å²) in [5.41, 5.74) is 0.00871. The Balaban J connectivity index is 1.80. The van der Waals surface area contributed by atoms with E-state index in [1.807, 2.05) is 6.92 Å². The van der Waals surface area contributed by atoms with E-state index in [2.05, 4.69) is 26.9 Å². The molecular weight excluding hydrogens is 454 g/mol. The zero-order valence-corrected chi connectivity index (χ0v) is 19.0. The molecule has 0 radical (unpaired) electrons. The first-order valence-electron chi connectivity index (χ1n) is 9.67. The summed E-state index contributed by atoms with van der Waals surface area (Å²) in [6.07, 6.45) is 5.79. The van der Waals surface area contributed by atoms with Gasteiger partial charge in [0.2, 0.25) is 0 Å². The third kappa shape index (κ3) is 5.07. The van der Waals surface area contributed by atoms with Gasteiger partial charge in [0.15, 0.2) is 5.13 Å². The number of nitrogens with one attached hydrogen (secondary N) is 3. The molecule has 3 N–H and O–H groups in total. The van der Waals surface area contributed by atoms with Gasteiger partial charge in [-0.05, 0) is 43.8 Å². The lowest BCUT2D eigenvalue weighted by Crippen LogP contribution is -2.22. The van der Waals surface area contributed by atoms with Gasteiger partial charge in [-0.1, -0.05) is 29.7 Å². The minimum Gasteiger partial charge on any atom is -0.384 e. The van der Waals surface area contributed by atoms with Gasteiger partial charge in [0.05, 0.1) is 11.1 Å². The van der Waals surface area contributed by atoms with Crippen molar-refractivity contribution < 1.29 is 13.6 Å². The van der Waals surface area contributed by atoms with Gasteiger partial charge < -0.3 is 10.6 Å². The van der Waals surface area contributed by atoms with E-state index in [4.69, 9.17) is 18.0 Å². The molecule has 32 heavy (non-hydrogen) atoms. The predicted octanol–water partition coefficient (Wildman–Crippen LogP) is 4.90. The van der Waals surface area contributed by atoms with Crippen LogP contribution in [0, 0.1) is 24.0 Å². The number of hydrogen-bond acceptors (Lipinski definition) is 5. The lowest BCUT2D eigenvalue weighted by molar-refractivity contribution is 0.101. The Hall–Kier alpha value is -2.99. The van der Waals surface area contributed by atoms with Gasteiger partial charge in [0.1, 0.15) is 17.2 Å². The number of aromatic nitrogens is 1. The Labute approximate surface area is 194 Å². The Morgan fingerprint density at radius 2 is 1.88 bits per heavy atom. The van der Waals surface area contributed by atoms with Crippen LogP contribution >= 0.6 is 22.9 Å². The average Bonchev–Trinajstić information content (AvgIpc) is 3.22. The standard InChI is InChI=1S/C23H21ClF2N4OS/c1-4-23(2,14-5-7-15(24)8-6-14)19-13-32-22(29-19)30-21(31)20-17(25)11-16(12-18(20)26)28-10-9-27-3/h1,5-8,11-13,27-28H,9-10H2,2-3H3,(H,29,30,31). The molecule has 1 atom stereocenters. The lowest BCUT2D eigenvalue weighted by Gasteiger charge is -2.22. The molecule has 0 bridgehead atoms. The van der Waals surface area contributed by atoms with E-state index in [0.717, 1.165) is 29.0 Å². The summed E-state index contributed by atoms with van der Waals surface area (Å²) >= 11 is 7.07. The van der Waals surface area contributed by atoms with Crippen LogP contribution in [0.1, 0.15) is 28.5 Å². The monoisotopic (exact) mass is 474 g/mol. The molecular formula is C23H21ClF2N4OS. The second kappa shape index (κ2) is 10.1. The highest BCUT2D eigenvalue weighted by atomic mass is 35.5. The molecule has 0 spiro atoms. The van der Waals surface area contributed by atoms with Crippen molar-refractivity contribution in [3.63, 3.8) is 0 Å². The number of terminal acetylenes is 1. The molecule has 1 aromatic heterocycles. The fourth-order valence-corrected chi connectivity index (χ4v) is 3.97. The highest BCUT2D eigenvalue weighted by Crippen LogP contribution is 2.34. The number of halogens is 3. The average molecular weight is 475 g/mol. The summed E-state index contributed by atoms with van der Waals surface area (Å²) in [5.74, 6) is -0.145. The predicted molar refractivity (Wildman–Crippen MR) is 126 cm³/mol. The van der Waals surface area contributed by atoms with Crippen molar-refractivity contribution >= 4 is 39.7 Å². The molecule has 0 aliphatic carbocycles. The first-order valence-corrected chi connectivity index (χ1v) is 10.9. The number of anilines is 2. The molecule has 0 fully saturated rings. The summed E-state index contributed by atoms with van der Waals surface area (Å²) in [7, 11) is 1.77. The van der Waals surface area contributed by atoms with Crippen LogP contribution in [-0.2, 0) is 5.41 Å². The number of benzene rings is 2. The van der Waals surface area contributed by atoms with Gasteiger partial charge in [-0.3, -0.25) is 10.1 Å². The van der Waals surface area contributed by atoms with E-state index in [-0.39, 0.29) is 10.8 Å². The number of likely N-dealkylation sites (N-methyl/N-ethyl adjacent to an activating group) is 1. The smallest absolute Gasteiger partial charge is 0.263 e. The van der Waals surface area contributed by atoms with E-state index in [9.17, 15) is 13.6 Å². The quantitative estimate of drug-likeness (QED) is 0.321. The minimum atomic E-state index is -0.971. The molecule has 1 amide bonds. The SMILES string of the molecule is C#CC(C)(c1ccc(Cl)cc1)c1csc(NC(=O)c2c(F)cc(NCCNC)cc2F)n1. The maximum Gasteiger partial charge on any atom is 0.263 e. The number of rotatable bonds is 8. The second-order valence-electron chi connectivity index (χ2n) is 7.11. The van der Waals surface area contributed by atoms with Crippen LogP contribution in [0.2, 0.25) is 5.02 Å². The van der Waals surface area contributed by atoms with E-state index in [1.165, 1.54) is 0 Å². The Kier molecular flexibility index (Phi) is 7.46. The highest BCUT2D eigenvalue weighted by molar-refractivity contribution is 7.14. The van der Waals surface area contributed by atoms with Crippen molar-refractivity contribution in [2.75, 3.05) is 30.8 Å². The first kappa shape index (κ1) is 23.7. The zero-order valence-electron chi connectivity index (χ0n) is 17.4. The molecule has 0 saturated heterocycles. The van der Waals surface area contributed by atoms with Crippen molar-refractivity contribution in [1.82, 2.24) is 10.3 Å². The number of hydrogen-bond donors (Lipinski definition) is 3. The fourth-order valence-electron chi connectivity index (χ4n) is 3.03. The molecule has 2 aromatic carbocycles. The van der Waals surface area contributed by atoms with Gasteiger partial charge in [0, 0.05) is 29.2 Å². The molecule has 3 rings (SSSR count). The summed E-state index contributed by atoms with van der Waals surface area (Å²) in [6.45, 7) is 2.91. The normalized spacial score (nSPS) is 12.6. The molecule has 0 aliphatic heterocycles. The molecule has 166 valence electrons. The third-order valence-corrected chi connectivity index (χ3v) is 5.93. The summed E-state index contributed by atoms with van der Waals surface area (Å²) < 4.78 is 28.9. The van der Waals surface area contributed by atoms with E-state index in [1.54, 1.807) is 36.7 Å². The molecule has 1 heterocycles. The number of carbonyl (C=O) groups is 1. The summed E-state index contributed by atoms with van der Waals surface area (Å²) in [6, 6.07) is 9.22. The fraction of sp³-hybridized carbons (Fsp3) is 0.217.